The highest BCUT2D eigenvalue weighted by molar-refractivity contribution is 7.19. The van der Waals surface area contributed by atoms with Crippen molar-refractivity contribution in [2.45, 2.75) is 13.0 Å². The van der Waals surface area contributed by atoms with E-state index in [1.54, 1.807) is 22.7 Å². The van der Waals surface area contributed by atoms with Gasteiger partial charge in [0.05, 0.1) is 5.69 Å². The third kappa shape index (κ3) is 1.84. The second-order valence-corrected chi connectivity index (χ2v) is 4.68. The van der Waals surface area contributed by atoms with Gasteiger partial charge < -0.3 is 5.32 Å². The first kappa shape index (κ1) is 9.76. The molecular formula is C9H11N3S2. The van der Waals surface area contributed by atoms with Crippen LogP contribution in [0.4, 0.5) is 0 Å². The summed E-state index contributed by atoms with van der Waals surface area (Å²) in [5.41, 5.74) is 1.09. The van der Waals surface area contributed by atoms with Crippen LogP contribution in [0.1, 0.15) is 18.7 Å². The lowest BCUT2D eigenvalue weighted by atomic mass is 10.3. The number of hydrogen-bond acceptors (Lipinski definition) is 5. The maximum absolute atomic E-state index is 4.53. The largest absolute Gasteiger partial charge is 0.312 e. The van der Waals surface area contributed by atoms with Gasteiger partial charge in [0.1, 0.15) is 0 Å². The van der Waals surface area contributed by atoms with Gasteiger partial charge in [-0.05, 0) is 14.0 Å². The Kier molecular flexibility index (Phi) is 2.90. The molecule has 0 aromatic carbocycles. The van der Waals surface area contributed by atoms with Crippen molar-refractivity contribution in [3.8, 4) is 10.0 Å². The Bertz CT molecular complexity index is 394. The zero-order chi connectivity index (χ0) is 9.97. The summed E-state index contributed by atoms with van der Waals surface area (Å²) in [5, 5.41) is 9.23. The number of nitrogens with one attached hydrogen (secondary N) is 1. The number of hydrogen-bond donors (Lipinski definition) is 1. The van der Waals surface area contributed by atoms with Crippen molar-refractivity contribution in [1.29, 1.82) is 0 Å². The van der Waals surface area contributed by atoms with E-state index >= 15 is 0 Å². The van der Waals surface area contributed by atoms with Gasteiger partial charge in [-0.25, -0.2) is 9.97 Å². The average Bonchev–Trinajstić information content (AvgIpc) is 2.86. The van der Waals surface area contributed by atoms with Crippen molar-refractivity contribution in [1.82, 2.24) is 15.3 Å². The fourth-order valence-corrected chi connectivity index (χ4v) is 2.67. The van der Waals surface area contributed by atoms with Crippen LogP contribution >= 0.6 is 22.7 Å². The van der Waals surface area contributed by atoms with E-state index in [1.165, 1.54) is 0 Å². The molecule has 0 spiro atoms. The molecular weight excluding hydrogens is 214 g/mol. The molecule has 0 aliphatic rings. The van der Waals surface area contributed by atoms with E-state index in [9.17, 15) is 0 Å². The first-order valence-corrected chi connectivity index (χ1v) is 6.09. The molecule has 14 heavy (non-hydrogen) atoms. The molecule has 1 unspecified atom stereocenters. The summed E-state index contributed by atoms with van der Waals surface area (Å²) in [4.78, 5) is 8.76. The van der Waals surface area contributed by atoms with E-state index in [4.69, 9.17) is 0 Å². The third-order valence-electron chi connectivity index (χ3n) is 2.01. The molecule has 0 bridgehead atoms. The van der Waals surface area contributed by atoms with E-state index in [2.05, 4.69) is 27.6 Å². The number of aromatic nitrogens is 2. The summed E-state index contributed by atoms with van der Waals surface area (Å²) < 4.78 is 0. The minimum Gasteiger partial charge on any atom is -0.312 e. The van der Waals surface area contributed by atoms with Gasteiger partial charge in [0.25, 0.3) is 0 Å². The molecule has 0 saturated carbocycles. The summed E-state index contributed by atoms with van der Waals surface area (Å²) in [6, 6.07) is 0.306. The smallest absolute Gasteiger partial charge is 0.152 e. The predicted molar refractivity (Wildman–Crippen MR) is 60.7 cm³/mol. The SMILES string of the molecule is CNC(C)c1csc(-c2nccs2)n1. The van der Waals surface area contributed by atoms with Gasteiger partial charge in [0, 0.05) is 23.0 Å². The fraction of sp³-hybridized carbons (Fsp3) is 0.333. The summed E-state index contributed by atoms with van der Waals surface area (Å²) in [6.07, 6.45) is 1.81. The second-order valence-electron chi connectivity index (χ2n) is 2.93. The van der Waals surface area contributed by atoms with Crippen LogP contribution in [0, 0.1) is 0 Å². The van der Waals surface area contributed by atoms with Crippen molar-refractivity contribution in [3.05, 3.63) is 22.7 Å². The normalized spacial score (nSPS) is 13.0. The van der Waals surface area contributed by atoms with Crippen LogP contribution in [-0.4, -0.2) is 17.0 Å². The molecule has 0 fully saturated rings. The standard InChI is InChI=1S/C9H11N3S2/c1-6(10-2)7-5-14-9(12-7)8-11-3-4-13-8/h3-6,10H,1-2H3. The van der Waals surface area contributed by atoms with Gasteiger partial charge in [-0.3, -0.25) is 0 Å². The summed E-state index contributed by atoms with van der Waals surface area (Å²) >= 11 is 3.27. The van der Waals surface area contributed by atoms with Crippen molar-refractivity contribution in [2.75, 3.05) is 7.05 Å². The molecule has 0 saturated heterocycles. The molecule has 0 aliphatic carbocycles. The van der Waals surface area contributed by atoms with Crippen molar-refractivity contribution in [3.63, 3.8) is 0 Å². The molecule has 0 radical (unpaired) electrons. The molecule has 1 N–H and O–H groups in total. The second kappa shape index (κ2) is 4.16. The summed E-state index contributed by atoms with van der Waals surface area (Å²) in [7, 11) is 1.94. The lowest BCUT2D eigenvalue weighted by Crippen LogP contribution is -2.12. The average molecular weight is 225 g/mol. The number of thiazole rings is 2. The highest BCUT2D eigenvalue weighted by atomic mass is 32.1. The zero-order valence-electron chi connectivity index (χ0n) is 8.02. The molecule has 0 aliphatic heterocycles. The molecule has 2 aromatic heterocycles. The first-order chi connectivity index (χ1) is 6.81. The fourth-order valence-electron chi connectivity index (χ4n) is 1.06. The van der Waals surface area contributed by atoms with Crippen molar-refractivity contribution < 1.29 is 0 Å². The van der Waals surface area contributed by atoms with Crippen LogP contribution in [0.15, 0.2) is 17.0 Å². The van der Waals surface area contributed by atoms with Gasteiger partial charge in [0.15, 0.2) is 10.0 Å². The molecule has 74 valence electrons. The van der Waals surface area contributed by atoms with Gasteiger partial charge in [-0.1, -0.05) is 0 Å². The molecule has 2 aromatic rings. The van der Waals surface area contributed by atoms with E-state index in [1.807, 2.05) is 18.6 Å². The topological polar surface area (TPSA) is 37.8 Å². The maximum Gasteiger partial charge on any atom is 0.152 e. The molecule has 2 rings (SSSR count). The molecule has 5 heteroatoms. The Morgan fingerprint density at radius 2 is 2.21 bits per heavy atom. The monoisotopic (exact) mass is 225 g/mol. The lowest BCUT2D eigenvalue weighted by molar-refractivity contribution is 0.637. The highest BCUT2D eigenvalue weighted by Gasteiger charge is 2.10. The Morgan fingerprint density at radius 3 is 2.86 bits per heavy atom. The van der Waals surface area contributed by atoms with Gasteiger partial charge in [-0.2, -0.15) is 0 Å². The van der Waals surface area contributed by atoms with Gasteiger partial charge in [0.2, 0.25) is 0 Å². The number of nitrogens with zero attached hydrogens (tertiary/aromatic N) is 2. The predicted octanol–water partition coefficient (Wildman–Crippen LogP) is 2.55. The van der Waals surface area contributed by atoms with Crippen molar-refractivity contribution in [2.24, 2.45) is 0 Å². The van der Waals surface area contributed by atoms with Gasteiger partial charge >= 0.3 is 0 Å². The molecule has 2 heterocycles. The van der Waals surface area contributed by atoms with E-state index in [0.29, 0.717) is 6.04 Å². The van der Waals surface area contributed by atoms with Crippen molar-refractivity contribution >= 4 is 22.7 Å². The van der Waals surface area contributed by atoms with E-state index in [-0.39, 0.29) is 0 Å². The van der Waals surface area contributed by atoms with Crippen LogP contribution in [0.3, 0.4) is 0 Å². The summed E-state index contributed by atoms with van der Waals surface area (Å²) in [6.45, 7) is 2.10. The highest BCUT2D eigenvalue weighted by Crippen LogP contribution is 2.27. The maximum atomic E-state index is 4.53. The number of rotatable bonds is 3. The molecule has 1 atom stereocenters. The zero-order valence-corrected chi connectivity index (χ0v) is 9.65. The van der Waals surface area contributed by atoms with Crippen LogP contribution in [0.25, 0.3) is 10.0 Å². The Morgan fingerprint density at radius 1 is 1.36 bits per heavy atom. The Labute approximate surface area is 90.9 Å². The van der Waals surface area contributed by atoms with Crippen LogP contribution in [0.5, 0.6) is 0 Å². The third-order valence-corrected chi connectivity index (χ3v) is 3.79. The van der Waals surface area contributed by atoms with E-state index < -0.39 is 0 Å². The van der Waals surface area contributed by atoms with E-state index in [0.717, 1.165) is 15.7 Å². The molecule has 0 amide bonds. The van der Waals surface area contributed by atoms with Crippen LogP contribution in [-0.2, 0) is 0 Å². The van der Waals surface area contributed by atoms with Crippen LogP contribution in [0.2, 0.25) is 0 Å². The van der Waals surface area contributed by atoms with Gasteiger partial charge in [-0.15, -0.1) is 22.7 Å². The first-order valence-electron chi connectivity index (χ1n) is 4.34. The summed E-state index contributed by atoms with van der Waals surface area (Å²) in [5.74, 6) is 0. The minimum absolute atomic E-state index is 0.306. The Balaban J connectivity index is 2.26. The quantitative estimate of drug-likeness (QED) is 0.872. The molecule has 3 nitrogen and oxygen atoms in total. The minimum atomic E-state index is 0.306. The lowest BCUT2D eigenvalue weighted by Gasteiger charge is -2.04. The van der Waals surface area contributed by atoms with Crippen LogP contribution < -0.4 is 5.32 Å². The Hall–Kier alpha value is -0.780.